The third kappa shape index (κ3) is 4.10. The first kappa shape index (κ1) is 21.0. The first-order valence-corrected chi connectivity index (χ1v) is 12.4. The number of nitrogens with zero attached hydrogens (tertiary/aromatic N) is 2. The van der Waals surface area contributed by atoms with Crippen molar-refractivity contribution in [1.29, 1.82) is 0 Å². The molecule has 0 atom stereocenters. The summed E-state index contributed by atoms with van der Waals surface area (Å²) < 4.78 is 20.3. The van der Waals surface area contributed by atoms with Gasteiger partial charge in [0.25, 0.3) is 5.91 Å². The van der Waals surface area contributed by atoms with E-state index in [9.17, 15) is 13.9 Å². The second kappa shape index (κ2) is 8.56. The summed E-state index contributed by atoms with van der Waals surface area (Å²) in [5, 5.41) is 1.40. The first-order chi connectivity index (χ1) is 15.5. The fraction of sp³-hybridized carbons (Fsp3) is 0.192. The molecule has 2 heterocycles. The van der Waals surface area contributed by atoms with Crippen LogP contribution in [0.3, 0.4) is 0 Å². The highest BCUT2D eigenvalue weighted by Crippen LogP contribution is 2.56. The average Bonchev–Trinajstić information content (AvgIpc) is 3.15. The molecule has 3 aromatic rings. The Hall–Kier alpha value is -2.90. The molecular formula is C26H26N2O3S. The van der Waals surface area contributed by atoms with Crippen molar-refractivity contribution in [3.63, 3.8) is 0 Å². The molecule has 2 aliphatic heterocycles. The lowest BCUT2D eigenvalue weighted by molar-refractivity contribution is 0.0628. The summed E-state index contributed by atoms with van der Waals surface area (Å²) in [5.74, 6) is -0.0459. The van der Waals surface area contributed by atoms with E-state index in [1.54, 1.807) is 24.3 Å². The number of rotatable bonds is 4. The van der Waals surface area contributed by atoms with E-state index in [-0.39, 0.29) is 5.91 Å². The average molecular weight is 447 g/mol. The molecule has 0 unspecified atom stereocenters. The van der Waals surface area contributed by atoms with Crippen molar-refractivity contribution >= 4 is 22.6 Å². The second-order valence-electron chi connectivity index (χ2n) is 8.24. The molecule has 0 radical (unpaired) electrons. The van der Waals surface area contributed by atoms with Crippen LogP contribution in [0.15, 0.2) is 83.1 Å². The molecule has 2 aliphatic rings. The normalized spacial score (nSPS) is 18.4. The Kier molecular flexibility index (Phi) is 5.61. The van der Waals surface area contributed by atoms with Gasteiger partial charge in [0.05, 0.1) is 4.90 Å². The number of carbonyl (C=O) groups excluding carboxylic acids is 1. The third-order valence-electron chi connectivity index (χ3n) is 6.17. The van der Waals surface area contributed by atoms with Crippen LogP contribution in [0.1, 0.15) is 21.5 Å². The smallest absolute Gasteiger partial charge is 0.254 e. The fourth-order valence-corrected chi connectivity index (χ4v) is 5.62. The topological polar surface area (TPSA) is 64.0 Å². The van der Waals surface area contributed by atoms with Crippen molar-refractivity contribution in [2.75, 3.05) is 26.2 Å². The first-order valence-electron chi connectivity index (χ1n) is 10.8. The van der Waals surface area contributed by atoms with Crippen LogP contribution in [-0.2, 0) is 6.54 Å². The summed E-state index contributed by atoms with van der Waals surface area (Å²) in [6.45, 7) is 3.80. The van der Waals surface area contributed by atoms with E-state index in [1.165, 1.54) is 22.1 Å². The van der Waals surface area contributed by atoms with E-state index in [2.05, 4.69) is 53.4 Å². The fourth-order valence-electron chi connectivity index (χ4n) is 4.37. The van der Waals surface area contributed by atoms with Gasteiger partial charge in [-0.2, -0.15) is 0 Å². The van der Waals surface area contributed by atoms with Gasteiger partial charge in [0, 0.05) is 49.3 Å². The van der Waals surface area contributed by atoms with Gasteiger partial charge in [-0.15, -0.1) is 10.6 Å². The molecular weight excluding hydrogens is 420 g/mol. The number of hydrogen-bond donors (Lipinski definition) is 2. The van der Waals surface area contributed by atoms with Crippen molar-refractivity contribution < 1.29 is 13.9 Å². The summed E-state index contributed by atoms with van der Waals surface area (Å²) in [7, 11) is -2.92. The maximum Gasteiger partial charge on any atom is 0.254 e. The van der Waals surface area contributed by atoms with Crippen LogP contribution < -0.4 is 0 Å². The highest BCUT2D eigenvalue weighted by molar-refractivity contribution is 8.27. The molecule has 6 heteroatoms. The monoisotopic (exact) mass is 446 g/mol. The lowest BCUT2D eigenvalue weighted by Gasteiger charge is -2.35. The minimum absolute atomic E-state index is 0.0459. The van der Waals surface area contributed by atoms with Crippen LogP contribution in [0, 0.1) is 0 Å². The molecule has 1 amide bonds. The number of carbonyl (C=O) groups is 1. The third-order valence-corrected chi connectivity index (χ3v) is 7.69. The van der Waals surface area contributed by atoms with Gasteiger partial charge in [-0.1, -0.05) is 60.7 Å². The maximum atomic E-state index is 13.1. The zero-order chi connectivity index (χ0) is 22.1. The zero-order valence-corrected chi connectivity index (χ0v) is 18.5. The van der Waals surface area contributed by atoms with E-state index >= 15 is 0 Å². The maximum absolute atomic E-state index is 13.1. The molecule has 32 heavy (non-hydrogen) atoms. The van der Waals surface area contributed by atoms with Gasteiger partial charge in [0.2, 0.25) is 0 Å². The van der Waals surface area contributed by atoms with E-state index in [1.807, 2.05) is 11.0 Å². The Balaban J connectivity index is 1.20. The number of fused-ring (bicyclic) bond motifs is 1. The molecule has 0 aliphatic carbocycles. The highest BCUT2D eigenvalue weighted by Gasteiger charge is 2.29. The minimum Gasteiger partial charge on any atom is -0.336 e. The minimum atomic E-state index is -2.92. The number of piperazine rings is 1. The van der Waals surface area contributed by atoms with Gasteiger partial charge in [0.1, 0.15) is 0 Å². The Bertz CT molecular complexity index is 1150. The van der Waals surface area contributed by atoms with E-state index in [0.717, 1.165) is 19.6 Å². The quantitative estimate of drug-likeness (QED) is 0.563. The van der Waals surface area contributed by atoms with Gasteiger partial charge in [-0.25, -0.2) is 0 Å². The van der Waals surface area contributed by atoms with Crippen LogP contribution in [0.25, 0.3) is 17.2 Å². The van der Waals surface area contributed by atoms with Gasteiger partial charge < -0.3 is 4.90 Å². The lowest BCUT2D eigenvalue weighted by Crippen LogP contribution is -2.48. The second-order valence-corrected chi connectivity index (χ2v) is 10.1. The number of hydrogen-bond acceptors (Lipinski definition) is 4. The summed E-state index contributed by atoms with van der Waals surface area (Å²) in [5.41, 5.74) is 4.88. The van der Waals surface area contributed by atoms with Crippen LogP contribution in [0.4, 0.5) is 0 Å². The predicted molar refractivity (Wildman–Crippen MR) is 130 cm³/mol. The molecule has 5 nitrogen and oxygen atoms in total. The Morgan fingerprint density at radius 3 is 2.22 bits per heavy atom. The predicted octanol–water partition coefficient (Wildman–Crippen LogP) is 5.41. The molecule has 164 valence electrons. The van der Waals surface area contributed by atoms with Crippen LogP contribution in [0.2, 0.25) is 0 Å². The largest absolute Gasteiger partial charge is 0.336 e. The van der Waals surface area contributed by atoms with Crippen molar-refractivity contribution in [1.82, 2.24) is 9.80 Å². The molecule has 0 bridgehead atoms. The summed E-state index contributed by atoms with van der Waals surface area (Å²) >= 11 is 0. The van der Waals surface area contributed by atoms with Crippen molar-refractivity contribution in [2.45, 2.75) is 11.4 Å². The Morgan fingerprint density at radius 2 is 1.50 bits per heavy atom. The molecule has 5 rings (SSSR count). The molecule has 0 saturated carbocycles. The van der Waals surface area contributed by atoms with E-state index in [0.29, 0.717) is 29.1 Å². The molecule has 3 aromatic carbocycles. The standard InChI is InChI=1S/C26H26N2O3S/c29-26(24-7-4-8-25-23(24)13-18-32(25,30)31)28-16-14-27(15-17-28)19-20-9-11-22(12-10-20)21-5-2-1-3-6-21/h1-13,18,30-31H,14-17,19H2. The summed E-state index contributed by atoms with van der Waals surface area (Å²) in [4.78, 5) is 17.8. The zero-order valence-electron chi connectivity index (χ0n) is 17.7. The van der Waals surface area contributed by atoms with Gasteiger partial charge in [-0.05, 0) is 34.9 Å². The van der Waals surface area contributed by atoms with E-state index in [4.69, 9.17) is 0 Å². The van der Waals surface area contributed by atoms with Gasteiger partial charge in [-0.3, -0.25) is 18.8 Å². The Morgan fingerprint density at radius 1 is 0.812 bits per heavy atom. The van der Waals surface area contributed by atoms with Crippen LogP contribution in [-0.4, -0.2) is 51.0 Å². The van der Waals surface area contributed by atoms with E-state index < -0.39 is 10.6 Å². The summed E-state index contributed by atoms with van der Waals surface area (Å²) in [6.07, 6.45) is 1.66. The molecule has 0 spiro atoms. The SMILES string of the molecule is O=C(c1cccc2c1C=CS2(O)O)N1CCN(Cc2ccc(-c3ccccc3)cc2)CC1. The van der Waals surface area contributed by atoms with Crippen molar-refractivity contribution in [3.8, 4) is 11.1 Å². The number of benzene rings is 3. The molecule has 0 aromatic heterocycles. The Labute approximate surface area is 190 Å². The van der Waals surface area contributed by atoms with Gasteiger partial charge >= 0.3 is 0 Å². The van der Waals surface area contributed by atoms with Crippen LogP contribution >= 0.6 is 10.6 Å². The van der Waals surface area contributed by atoms with Crippen molar-refractivity contribution in [3.05, 3.63) is 94.9 Å². The number of amides is 1. The highest BCUT2D eigenvalue weighted by atomic mass is 32.3. The summed E-state index contributed by atoms with van der Waals surface area (Å²) in [6, 6.07) is 24.2. The van der Waals surface area contributed by atoms with Gasteiger partial charge in [0.15, 0.2) is 0 Å². The molecule has 1 fully saturated rings. The lowest BCUT2D eigenvalue weighted by atomic mass is 10.0. The molecule has 2 N–H and O–H groups in total. The van der Waals surface area contributed by atoms with Crippen molar-refractivity contribution in [2.24, 2.45) is 0 Å². The molecule has 1 saturated heterocycles. The van der Waals surface area contributed by atoms with Crippen LogP contribution in [0.5, 0.6) is 0 Å².